The van der Waals surface area contributed by atoms with E-state index in [-0.39, 0.29) is 6.10 Å². The molecular formula is C20H26N2O. The van der Waals surface area contributed by atoms with Crippen molar-refractivity contribution < 1.29 is 4.74 Å². The van der Waals surface area contributed by atoms with Crippen LogP contribution in [-0.2, 0) is 4.74 Å². The van der Waals surface area contributed by atoms with Crippen molar-refractivity contribution in [2.45, 2.75) is 38.3 Å². The molecule has 23 heavy (non-hydrogen) atoms. The molecule has 3 aliphatic heterocycles. The van der Waals surface area contributed by atoms with Crippen LogP contribution >= 0.6 is 0 Å². The summed E-state index contributed by atoms with van der Waals surface area (Å²) in [5, 5.41) is 1.23. The summed E-state index contributed by atoms with van der Waals surface area (Å²) in [4.78, 5) is 7.19. The fourth-order valence-corrected chi connectivity index (χ4v) is 4.81. The first-order valence-electron chi connectivity index (χ1n) is 8.92. The zero-order valence-electron chi connectivity index (χ0n) is 14.1. The third-order valence-corrected chi connectivity index (χ3v) is 6.05. The summed E-state index contributed by atoms with van der Waals surface area (Å²) in [6, 6.07) is 11.1. The van der Waals surface area contributed by atoms with Crippen molar-refractivity contribution in [2.24, 2.45) is 11.8 Å². The van der Waals surface area contributed by atoms with E-state index in [0.717, 1.165) is 17.4 Å². The van der Waals surface area contributed by atoms with Crippen molar-refractivity contribution in [1.29, 1.82) is 0 Å². The average Bonchev–Trinajstić information content (AvgIpc) is 2.63. The molecule has 1 aromatic heterocycles. The van der Waals surface area contributed by atoms with Gasteiger partial charge in [-0.15, -0.1) is 0 Å². The molecule has 5 atom stereocenters. The molecule has 0 radical (unpaired) electrons. The number of benzene rings is 1. The zero-order valence-corrected chi connectivity index (χ0v) is 14.1. The minimum atomic E-state index is 0.142. The van der Waals surface area contributed by atoms with Crippen LogP contribution in [0.1, 0.15) is 37.9 Å². The maximum atomic E-state index is 6.04. The third kappa shape index (κ3) is 2.56. The van der Waals surface area contributed by atoms with E-state index in [0.29, 0.717) is 6.04 Å². The molecule has 4 unspecified atom stereocenters. The number of rotatable bonds is 4. The van der Waals surface area contributed by atoms with E-state index in [1.165, 1.54) is 43.3 Å². The number of para-hydroxylation sites is 1. The SMILES string of the molecule is CCC1CN2CCC1CC2[C@@H](OC)c1ccnc2ccccc12. The van der Waals surface area contributed by atoms with Crippen LogP contribution in [0.4, 0.5) is 0 Å². The number of methoxy groups -OCH3 is 1. The lowest BCUT2D eigenvalue weighted by molar-refractivity contribution is -0.0698. The van der Waals surface area contributed by atoms with Gasteiger partial charge in [0, 0.05) is 31.3 Å². The maximum absolute atomic E-state index is 6.04. The van der Waals surface area contributed by atoms with Crippen LogP contribution < -0.4 is 0 Å². The first-order chi connectivity index (χ1) is 11.3. The lowest BCUT2D eigenvalue weighted by atomic mass is 9.72. The molecule has 0 amide bonds. The quantitative estimate of drug-likeness (QED) is 0.852. The van der Waals surface area contributed by atoms with Crippen LogP contribution in [0.15, 0.2) is 36.5 Å². The Bertz CT molecular complexity index is 681. The van der Waals surface area contributed by atoms with Crippen LogP contribution in [0, 0.1) is 11.8 Å². The van der Waals surface area contributed by atoms with Crippen molar-refractivity contribution in [2.75, 3.05) is 20.2 Å². The largest absolute Gasteiger partial charge is 0.375 e. The summed E-state index contributed by atoms with van der Waals surface area (Å²) in [6.07, 6.45) is 6.01. The summed E-state index contributed by atoms with van der Waals surface area (Å²) >= 11 is 0. The molecule has 4 heterocycles. The Balaban J connectivity index is 1.69. The fourth-order valence-electron chi connectivity index (χ4n) is 4.81. The van der Waals surface area contributed by atoms with Gasteiger partial charge in [0.05, 0.1) is 11.6 Å². The van der Waals surface area contributed by atoms with Crippen molar-refractivity contribution in [1.82, 2.24) is 9.88 Å². The van der Waals surface area contributed by atoms with E-state index in [1.54, 1.807) is 0 Å². The van der Waals surface area contributed by atoms with Crippen LogP contribution in [0.25, 0.3) is 10.9 Å². The topological polar surface area (TPSA) is 25.4 Å². The Labute approximate surface area is 138 Å². The molecule has 0 N–H and O–H groups in total. The van der Waals surface area contributed by atoms with E-state index in [9.17, 15) is 0 Å². The number of hydrogen-bond donors (Lipinski definition) is 0. The Hall–Kier alpha value is -1.45. The molecular weight excluding hydrogens is 284 g/mol. The Kier molecular flexibility index (Phi) is 4.08. The summed E-state index contributed by atoms with van der Waals surface area (Å²) in [7, 11) is 1.86. The maximum Gasteiger partial charge on any atom is 0.0983 e. The summed E-state index contributed by atoms with van der Waals surface area (Å²) < 4.78 is 6.04. The molecule has 3 saturated heterocycles. The van der Waals surface area contributed by atoms with Gasteiger partial charge in [-0.25, -0.2) is 0 Å². The normalized spacial score (nSPS) is 31.4. The third-order valence-electron chi connectivity index (χ3n) is 6.05. The number of pyridine rings is 1. The molecule has 3 heteroatoms. The average molecular weight is 310 g/mol. The van der Waals surface area contributed by atoms with Crippen LogP contribution in [0.5, 0.6) is 0 Å². The molecule has 3 nitrogen and oxygen atoms in total. The van der Waals surface area contributed by atoms with E-state index in [2.05, 4.69) is 47.1 Å². The second-order valence-corrected chi connectivity index (χ2v) is 7.09. The number of nitrogens with zero attached hydrogens (tertiary/aromatic N) is 2. The summed E-state index contributed by atoms with van der Waals surface area (Å²) in [5.74, 6) is 1.76. The van der Waals surface area contributed by atoms with Gasteiger partial charge in [-0.3, -0.25) is 9.88 Å². The molecule has 0 spiro atoms. The standard InChI is InChI=1S/C20H26N2O/c1-3-14-13-22-11-9-15(14)12-19(22)20(23-2)17-8-10-21-18-7-5-4-6-16(17)18/h4-8,10,14-15,19-20H,3,9,11-13H2,1-2H3/t14?,15?,19?,20-/m0/s1. The Morgan fingerprint density at radius 1 is 1.30 bits per heavy atom. The molecule has 122 valence electrons. The minimum absolute atomic E-state index is 0.142. The van der Waals surface area contributed by atoms with Crippen molar-refractivity contribution in [3.8, 4) is 0 Å². The number of hydrogen-bond acceptors (Lipinski definition) is 3. The smallest absolute Gasteiger partial charge is 0.0983 e. The molecule has 2 aromatic rings. The molecule has 1 aromatic carbocycles. The van der Waals surface area contributed by atoms with Crippen LogP contribution in [0.3, 0.4) is 0 Å². The molecule has 3 aliphatic rings. The zero-order chi connectivity index (χ0) is 15.8. The monoisotopic (exact) mass is 310 g/mol. The summed E-state index contributed by atoms with van der Waals surface area (Å²) in [5.41, 5.74) is 2.36. The van der Waals surface area contributed by atoms with E-state index >= 15 is 0 Å². The lowest BCUT2D eigenvalue weighted by Crippen LogP contribution is -2.55. The van der Waals surface area contributed by atoms with E-state index in [4.69, 9.17) is 4.74 Å². The first-order valence-corrected chi connectivity index (χ1v) is 8.92. The van der Waals surface area contributed by atoms with Gasteiger partial charge in [0.25, 0.3) is 0 Å². The number of piperidine rings is 3. The Morgan fingerprint density at radius 3 is 2.91 bits per heavy atom. The first kappa shape index (κ1) is 15.1. The van der Waals surface area contributed by atoms with Gasteiger partial charge in [-0.1, -0.05) is 31.5 Å². The van der Waals surface area contributed by atoms with Crippen molar-refractivity contribution in [3.05, 3.63) is 42.1 Å². The van der Waals surface area contributed by atoms with Gasteiger partial charge in [0.15, 0.2) is 0 Å². The summed E-state index contributed by atoms with van der Waals surface area (Å²) in [6.45, 7) is 4.81. The molecule has 3 fully saturated rings. The Morgan fingerprint density at radius 2 is 2.17 bits per heavy atom. The van der Waals surface area contributed by atoms with Gasteiger partial charge in [0.1, 0.15) is 0 Å². The van der Waals surface area contributed by atoms with Gasteiger partial charge in [-0.05, 0) is 48.9 Å². The van der Waals surface area contributed by atoms with Crippen LogP contribution in [-0.4, -0.2) is 36.1 Å². The van der Waals surface area contributed by atoms with Crippen molar-refractivity contribution >= 4 is 10.9 Å². The molecule has 0 aliphatic carbocycles. The highest BCUT2D eigenvalue weighted by molar-refractivity contribution is 5.82. The predicted molar refractivity (Wildman–Crippen MR) is 93.4 cm³/mol. The van der Waals surface area contributed by atoms with Gasteiger partial charge in [0.2, 0.25) is 0 Å². The minimum Gasteiger partial charge on any atom is -0.375 e. The highest BCUT2D eigenvalue weighted by Crippen LogP contribution is 2.43. The number of ether oxygens (including phenoxy) is 1. The van der Waals surface area contributed by atoms with Crippen molar-refractivity contribution in [3.63, 3.8) is 0 Å². The molecule has 2 bridgehead atoms. The lowest BCUT2D eigenvalue weighted by Gasteiger charge is -2.52. The molecule has 5 rings (SSSR count). The number of fused-ring (bicyclic) bond motifs is 4. The van der Waals surface area contributed by atoms with Gasteiger partial charge >= 0.3 is 0 Å². The van der Waals surface area contributed by atoms with E-state index < -0.39 is 0 Å². The van der Waals surface area contributed by atoms with E-state index in [1.807, 2.05) is 13.3 Å². The molecule has 0 saturated carbocycles. The number of aromatic nitrogens is 1. The fraction of sp³-hybridized carbons (Fsp3) is 0.550. The van der Waals surface area contributed by atoms with Gasteiger partial charge in [-0.2, -0.15) is 0 Å². The van der Waals surface area contributed by atoms with Crippen LogP contribution in [0.2, 0.25) is 0 Å². The second-order valence-electron chi connectivity index (χ2n) is 7.09. The van der Waals surface area contributed by atoms with Gasteiger partial charge < -0.3 is 4.74 Å². The highest BCUT2D eigenvalue weighted by Gasteiger charge is 2.43. The second kappa shape index (κ2) is 6.21. The highest BCUT2D eigenvalue weighted by atomic mass is 16.5. The predicted octanol–water partition coefficient (Wildman–Crippen LogP) is 4.04.